The van der Waals surface area contributed by atoms with E-state index in [0.29, 0.717) is 36.8 Å². The van der Waals surface area contributed by atoms with Gasteiger partial charge < -0.3 is 4.74 Å². The molecule has 0 N–H and O–H groups in total. The highest BCUT2D eigenvalue weighted by Gasteiger charge is 2.30. The number of hydrogen-bond acceptors (Lipinski definition) is 2. The lowest BCUT2D eigenvalue weighted by molar-refractivity contribution is 0.0188. The number of aryl methyl sites for hydroxylation is 1. The van der Waals surface area contributed by atoms with Crippen LogP contribution in [0.15, 0.2) is 24.3 Å². The number of hydrogen-bond donors (Lipinski definition) is 0. The van der Waals surface area contributed by atoms with E-state index in [1.54, 1.807) is 12.1 Å². The molecule has 0 aromatic heterocycles. The van der Waals surface area contributed by atoms with Gasteiger partial charge in [0.2, 0.25) is 0 Å². The number of halogens is 4. The molecule has 0 bridgehead atoms. The molecule has 2 nitrogen and oxygen atoms in total. The van der Waals surface area contributed by atoms with Crippen LogP contribution in [0.3, 0.4) is 0 Å². The smallest absolute Gasteiger partial charge is 0.341 e. The number of ether oxygens (including phenoxy) is 1. The molecule has 0 radical (unpaired) electrons. The summed E-state index contributed by atoms with van der Waals surface area (Å²) >= 11 is 0. The Balaban J connectivity index is 1.39. The van der Waals surface area contributed by atoms with Crippen molar-refractivity contribution in [3.8, 4) is 0 Å². The van der Waals surface area contributed by atoms with E-state index in [2.05, 4.69) is 0 Å². The number of esters is 1. The average Bonchev–Trinajstić information content (AvgIpc) is 2.80. The van der Waals surface area contributed by atoms with E-state index in [0.717, 1.165) is 32.1 Å². The van der Waals surface area contributed by atoms with Crippen molar-refractivity contribution in [2.45, 2.75) is 82.7 Å². The zero-order valence-electron chi connectivity index (χ0n) is 18.2. The van der Waals surface area contributed by atoms with Gasteiger partial charge in [0.25, 0.3) is 0 Å². The predicted molar refractivity (Wildman–Crippen MR) is 114 cm³/mol. The summed E-state index contributed by atoms with van der Waals surface area (Å²) in [4.78, 5) is 12.3. The second-order valence-corrected chi connectivity index (χ2v) is 9.14. The molecule has 2 saturated carbocycles. The van der Waals surface area contributed by atoms with Gasteiger partial charge in [-0.2, -0.15) is 0 Å². The van der Waals surface area contributed by atoms with Gasteiger partial charge in [-0.3, -0.25) is 0 Å². The molecule has 0 unspecified atom stereocenters. The van der Waals surface area contributed by atoms with E-state index in [9.17, 15) is 22.4 Å². The van der Waals surface area contributed by atoms with Crippen LogP contribution >= 0.6 is 0 Å². The molecule has 2 aromatic carbocycles. The van der Waals surface area contributed by atoms with E-state index < -0.39 is 40.9 Å². The summed E-state index contributed by atoms with van der Waals surface area (Å²) in [6.45, 7) is 1.42. The monoisotopic (exact) mass is 448 g/mol. The highest BCUT2D eigenvalue weighted by Crippen LogP contribution is 2.40. The van der Waals surface area contributed by atoms with Crippen molar-refractivity contribution in [2.75, 3.05) is 0 Å². The summed E-state index contributed by atoms with van der Waals surface area (Å²) in [5.41, 5.74) is 0.546. The van der Waals surface area contributed by atoms with E-state index >= 15 is 0 Å². The van der Waals surface area contributed by atoms with Gasteiger partial charge in [0.15, 0.2) is 23.3 Å². The second kappa shape index (κ2) is 9.63. The van der Waals surface area contributed by atoms with Crippen LogP contribution < -0.4 is 0 Å². The lowest BCUT2D eigenvalue weighted by Gasteiger charge is -2.29. The number of carbonyl (C=O) groups excluding carboxylic acids is 1. The third kappa shape index (κ3) is 4.55. The van der Waals surface area contributed by atoms with E-state index in [1.165, 1.54) is 19.1 Å². The van der Waals surface area contributed by atoms with Crippen LogP contribution in [-0.4, -0.2) is 12.1 Å². The van der Waals surface area contributed by atoms with Gasteiger partial charge >= 0.3 is 5.97 Å². The summed E-state index contributed by atoms with van der Waals surface area (Å²) in [6.07, 6.45) is 6.56. The van der Waals surface area contributed by atoms with Gasteiger partial charge in [-0.15, -0.1) is 0 Å². The van der Waals surface area contributed by atoms with Crippen LogP contribution in [0.4, 0.5) is 17.6 Å². The highest BCUT2D eigenvalue weighted by molar-refractivity contribution is 5.90. The summed E-state index contributed by atoms with van der Waals surface area (Å²) in [7, 11) is 0. The van der Waals surface area contributed by atoms with Gasteiger partial charge in [-0.05, 0) is 80.0 Å². The molecule has 32 heavy (non-hydrogen) atoms. The molecule has 0 aliphatic heterocycles. The highest BCUT2D eigenvalue weighted by atomic mass is 19.2. The topological polar surface area (TPSA) is 26.3 Å². The molecule has 2 aliphatic carbocycles. The summed E-state index contributed by atoms with van der Waals surface area (Å²) in [6, 6.07) is 6.00. The van der Waals surface area contributed by atoms with Gasteiger partial charge in [0.05, 0.1) is 5.56 Å². The second-order valence-electron chi connectivity index (χ2n) is 9.14. The van der Waals surface area contributed by atoms with Crippen LogP contribution in [0, 0.1) is 30.2 Å². The quantitative estimate of drug-likeness (QED) is 0.358. The first-order chi connectivity index (χ1) is 15.4. The van der Waals surface area contributed by atoms with Crippen molar-refractivity contribution < 1.29 is 27.1 Å². The van der Waals surface area contributed by atoms with Crippen LogP contribution in [-0.2, 0) is 4.74 Å². The summed E-state index contributed by atoms with van der Waals surface area (Å²) in [5, 5.41) is 0. The number of carbonyl (C=O) groups is 1. The summed E-state index contributed by atoms with van der Waals surface area (Å²) < 4.78 is 62.9. The molecule has 0 spiro atoms. The Morgan fingerprint density at radius 3 is 1.88 bits per heavy atom. The first-order valence-corrected chi connectivity index (χ1v) is 11.5. The third-order valence-corrected chi connectivity index (χ3v) is 7.07. The molecule has 0 saturated heterocycles. The minimum absolute atomic E-state index is 0.0921. The number of benzene rings is 2. The minimum atomic E-state index is -1.21. The predicted octanol–water partition coefficient (Wildman–Crippen LogP) is 7.48. The first-order valence-electron chi connectivity index (χ1n) is 11.5. The van der Waals surface area contributed by atoms with E-state index in [4.69, 9.17) is 4.74 Å². The van der Waals surface area contributed by atoms with Gasteiger partial charge in [0, 0.05) is 0 Å². The van der Waals surface area contributed by atoms with Gasteiger partial charge in [0.1, 0.15) is 6.10 Å². The van der Waals surface area contributed by atoms with Crippen LogP contribution in [0.5, 0.6) is 0 Å². The summed E-state index contributed by atoms with van der Waals surface area (Å²) in [5.74, 6) is -4.72. The van der Waals surface area contributed by atoms with Crippen molar-refractivity contribution in [1.29, 1.82) is 0 Å². The van der Waals surface area contributed by atoms with E-state index in [-0.39, 0.29) is 17.4 Å². The maximum atomic E-state index is 14.9. The standard InChI is InChI=1S/C26H28F4O2/c1-15-7-12-21(25(30)22(15)27)26(31)32-18-10-8-17(9-11-18)20-14-13-19(23(28)24(20)29)16-5-3-2-4-6-16/h7,12-14,16-18H,2-6,8-11H2,1H3. The van der Waals surface area contributed by atoms with Gasteiger partial charge in [-0.1, -0.05) is 37.5 Å². The van der Waals surface area contributed by atoms with Crippen molar-refractivity contribution in [3.63, 3.8) is 0 Å². The SMILES string of the molecule is Cc1ccc(C(=O)OC2CCC(c3ccc(C4CCCCC4)c(F)c3F)CC2)c(F)c1F. The zero-order valence-corrected chi connectivity index (χ0v) is 18.2. The average molecular weight is 449 g/mol. The van der Waals surface area contributed by atoms with Crippen LogP contribution in [0.2, 0.25) is 0 Å². The largest absolute Gasteiger partial charge is 0.459 e. The van der Waals surface area contributed by atoms with Crippen molar-refractivity contribution in [3.05, 3.63) is 69.8 Å². The molecule has 172 valence electrons. The Morgan fingerprint density at radius 1 is 0.719 bits per heavy atom. The van der Waals surface area contributed by atoms with Crippen LogP contribution in [0.25, 0.3) is 0 Å². The van der Waals surface area contributed by atoms with Crippen molar-refractivity contribution in [1.82, 2.24) is 0 Å². The lowest BCUT2D eigenvalue weighted by atomic mass is 9.80. The fourth-order valence-electron chi connectivity index (χ4n) is 5.13. The van der Waals surface area contributed by atoms with E-state index in [1.807, 2.05) is 0 Å². The molecule has 0 heterocycles. The molecule has 2 aliphatic rings. The Morgan fingerprint density at radius 2 is 1.28 bits per heavy atom. The molecular weight excluding hydrogens is 420 g/mol. The Hall–Kier alpha value is -2.37. The van der Waals surface area contributed by atoms with Crippen LogP contribution in [0.1, 0.15) is 96.7 Å². The molecule has 6 heteroatoms. The van der Waals surface area contributed by atoms with Crippen molar-refractivity contribution >= 4 is 5.97 Å². The molecule has 4 rings (SSSR count). The molecule has 0 amide bonds. The zero-order chi connectivity index (χ0) is 22.8. The maximum Gasteiger partial charge on any atom is 0.341 e. The first kappa shape index (κ1) is 22.8. The Bertz CT molecular complexity index is 990. The lowest BCUT2D eigenvalue weighted by Crippen LogP contribution is -2.25. The minimum Gasteiger partial charge on any atom is -0.459 e. The molecule has 0 atom stereocenters. The fraction of sp³-hybridized carbons (Fsp3) is 0.500. The Labute approximate surface area is 186 Å². The molecule has 2 fully saturated rings. The van der Waals surface area contributed by atoms with Crippen molar-refractivity contribution in [2.24, 2.45) is 0 Å². The maximum absolute atomic E-state index is 14.9. The fourth-order valence-corrected chi connectivity index (χ4v) is 5.13. The van der Waals surface area contributed by atoms with Gasteiger partial charge in [-0.25, -0.2) is 22.4 Å². The third-order valence-electron chi connectivity index (χ3n) is 7.07. The molecule has 2 aromatic rings. The number of rotatable bonds is 4. The normalized spacial score (nSPS) is 22.0. The molecular formula is C26H28F4O2. The Kier molecular flexibility index (Phi) is 6.87.